The van der Waals surface area contributed by atoms with E-state index in [1.54, 1.807) is 6.08 Å². The number of aliphatic hydroxyl groups excluding tert-OH is 1. The van der Waals surface area contributed by atoms with Crippen molar-refractivity contribution in [3.8, 4) is 0 Å². The maximum absolute atomic E-state index is 9.40. The maximum Gasteiger partial charge on any atom is 0.272 e. The van der Waals surface area contributed by atoms with Crippen LogP contribution >= 0.6 is 0 Å². The normalized spacial score (nSPS) is 14.6. The second-order valence-electron chi connectivity index (χ2n) is 4.59. The second-order valence-corrected chi connectivity index (χ2v) is 9.52. The van der Waals surface area contributed by atoms with Crippen molar-refractivity contribution < 1.29 is 9.84 Å². The molecule has 0 bridgehead atoms. The van der Waals surface area contributed by atoms with Gasteiger partial charge in [-0.2, -0.15) is 0 Å². The minimum atomic E-state index is -1.58. The SMILES string of the molecule is CO/C(O)=C\C(C)[Si](C)(C)c1ccccc1. The Kier molecular flexibility index (Phi) is 4.18. The minimum absolute atomic E-state index is 0.0176. The summed E-state index contributed by atoms with van der Waals surface area (Å²) < 4.78 is 4.79. The molecular formula is C13H20O2Si. The zero-order chi connectivity index (χ0) is 12.2. The van der Waals surface area contributed by atoms with Crippen LogP contribution < -0.4 is 5.19 Å². The van der Waals surface area contributed by atoms with Crippen LogP contribution in [0.5, 0.6) is 0 Å². The summed E-state index contributed by atoms with van der Waals surface area (Å²) in [5.41, 5.74) is 0.329. The fourth-order valence-electron chi connectivity index (χ4n) is 1.62. The lowest BCUT2D eigenvalue weighted by Gasteiger charge is -2.28. The molecule has 1 N–H and O–H groups in total. The minimum Gasteiger partial charge on any atom is -0.481 e. The van der Waals surface area contributed by atoms with Gasteiger partial charge in [0.25, 0.3) is 5.95 Å². The number of hydrogen-bond donors (Lipinski definition) is 1. The lowest BCUT2D eigenvalue weighted by molar-refractivity contribution is 0.134. The van der Waals surface area contributed by atoms with Crippen LogP contribution in [-0.4, -0.2) is 20.3 Å². The zero-order valence-corrected chi connectivity index (χ0v) is 11.4. The monoisotopic (exact) mass is 236 g/mol. The van der Waals surface area contributed by atoms with E-state index in [1.165, 1.54) is 12.3 Å². The highest BCUT2D eigenvalue weighted by Crippen LogP contribution is 2.23. The van der Waals surface area contributed by atoms with Gasteiger partial charge in [-0.15, -0.1) is 0 Å². The number of allylic oxidation sites excluding steroid dienone is 1. The molecule has 1 atom stereocenters. The predicted molar refractivity (Wildman–Crippen MR) is 70.7 cm³/mol. The first-order chi connectivity index (χ1) is 7.48. The number of methoxy groups -OCH3 is 1. The van der Waals surface area contributed by atoms with Crippen LogP contribution in [0.4, 0.5) is 0 Å². The molecule has 1 unspecified atom stereocenters. The summed E-state index contributed by atoms with van der Waals surface area (Å²) in [6.07, 6.45) is 1.80. The summed E-state index contributed by atoms with van der Waals surface area (Å²) in [7, 11) is -0.0965. The van der Waals surface area contributed by atoms with E-state index in [4.69, 9.17) is 4.74 Å². The van der Waals surface area contributed by atoms with Gasteiger partial charge in [-0.1, -0.05) is 55.5 Å². The standard InChI is InChI=1S/C13H20O2Si/c1-11(10-13(14)15-2)16(3,4)12-8-6-5-7-9-12/h5-11,14H,1-4H3/b13-10-. The van der Waals surface area contributed by atoms with E-state index >= 15 is 0 Å². The molecule has 0 saturated heterocycles. The van der Waals surface area contributed by atoms with E-state index in [-0.39, 0.29) is 5.95 Å². The van der Waals surface area contributed by atoms with Crippen LogP contribution in [0.3, 0.4) is 0 Å². The Hall–Kier alpha value is -1.22. The van der Waals surface area contributed by atoms with Crippen LogP contribution in [-0.2, 0) is 4.74 Å². The van der Waals surface area contributed by atoms with Gasteiger partial charge in [0.15, 0.2) is 0 Å². The van der Waals surface area contributed by atoms with Crippen molar-refractivity contribution in [3.63, 3.8) is 0 Å². The van der Waals surface area contributed by atoms with E-state index < -0.39 is 8.07 Å². The molecule has 1 aromatic carbocycles. The van der Waals surface area contributed by atoms with Crippen molar-refractivity contribution in [2.24, 2.45) is 0 Å². The Morgan fingerprint density at radius 3 is 2.38 bits per heavy atom. The van der Waals surface area contributed by atoms with E-state index in [2.05, 4.69) is 44.3 Å². The zero-order valence-electron chi connectivity index (χ0n) is 10.4. The Labute approximate surface area is 98.6 Å². The predicted octanol–water partition coefficient (Wildman–Crippen LogP) is 3.04. The lowest BCUT2D eigenvalue weighted by Crippen LogP contribution is -2.44. The fraction of sp³-hybridized carbons (Fsp3) is 0.385. The molecule has 0 radical (unpaired) electrons. The average Bonchev–Trinajstić information content (AvgIpc) is 2.29. The van der Waals surface area contributed by atoms with Gasteiger partial charge in [0.05, 0.1) is 15.2 Å². The summed E-state index contributed by atoms with van der Waals surface area (Å²) in [6, 6.07) is 10.5. The van der Waals surface area contributed by atoms with Crippen LogP contribution in [0, 0.1) is 0 Å². The smallest absolute Gasteiger partial charge is 0.272 e. The largest absolute Gasteiger partial charge is 0.481 e. The van der Waals surface area contributed by atoms with Gasteiger partial charge in [-0.25, -0.2) is 0 Å². The molecular weight excluding hydrogens is 216 g/mol. The van der Waals surface area contributed by atoms with Crippen molar-refractivity contribution in [1.82, 2.24) is 0 Å². The third-order valence-electron chi connectivity index (χ3n) is 3.26. The topological polar surface area (TPSA) is 29.5 Å². The van der Waals surface area contributed by atoms with Crippen LogP contribution in [0.2, 0.25) is 18.6 Å². The van der Waals surface area contributed by atoms with Gasteiger partial charge in [0, 0.05) is 0 Å². The van der Waals surface area contributed by atoms with Crippen LogP contribution in [0.15, 0.2) is 42.4 Å². The lowest BCUT2D eigenvalue weighted by atomic mass is 10.4. The number of rotatable bonds is 4. The fourth-order valence-corrected chi connectivity index (χ4v) is 3.76. The molecule has 0 aromatic heterocycles. The van der Waals surface area contributed by atoms with Crippen molar-refractivity contribution in [2.45, 2.75) is 25.6 Å². The molecule has 0 spiro atoms. The molecule has 0 fully saturated rings. The molecule has 88 valence electrons. The summed E-state index contributed by atoms with van der Waals surface area (Å²) in [4.78, 5) is 0. The summed E-state index contributed by atoms with van der Waals surface area (Å²) in [5, 5.41) is 10.8. The Morgan fingerprint density at radius 1 is 1.31 bits per heavy atom. The van der Waals surface area contributed by atoms with E-state index in [9.17, 15) is 5.11 Å². The molecule has 0 amide bonds. The average molecular weight is 236 g/mol. The van der Waals surface area contributed by atoms with Crippen LogP contribution in [0.25, 0.3) is 0 Å². The van der Waals surface area contributed by atoms with Gasteiger partial charge in [-0.3, -0.25) is 0 Å². The number of ether oxygens (including phenoxy) is 1. The molecule has 3 heteroatoms. The Balaban J connectivity index is 2.94. The van der Waals surface area contributed by atoms with Gasteiger partial charge in [-0.05, 0) is 11.6 Å². The maximum atomic E-state index is 9.40. The molecule has 0 aliphatic heterocycles. The quantitative estimate of drug-likeness (QED) is 0.643. The van der Waals surface area contributed by atoms with Gasteiger partial charge in [0.2, 0.25) is 0 Å². The first kappa shape index (κ1) is 12.8. The van der Waals surface area contributed by atoms with Crippen molar-refractivity contribution in [3.05, 3.63) is 42.4 Å². The highest BCUT2D eigenvalue weighted by Gasteiger charge is 2.29. The second kappa shape index (κ2) is 5.21. The molecule has 0 saturated carbocycles. The van der Waals surface area contributed by atoms with Crippen molar-refractivity contribution >= 4 is 13.3 Å². The van der Waals surface area contributed by atoms with Crippen molar-refractivity contribution in [2.75, 3.05) is 7.11 Å². The van der Waals surface area contributed by atoms with E-state index in [1.807, 2.05) is 6.07 Å². The van der Waals surface area contributed by atoms with Crippen LogP contribution in [0.1, 0.15) is 6.92 Å². The summed E-state index contributed by atoms with van der Waals surface area (Å²) in [6.45, 7) is 6.73. The third kappa shape index (κ3) is 2.89. The van der Waals surface area contributed by atoms with Gasteiger partial charge < -0.3 is 9.84 Å². The molecule has 0 aliphatic carbocycles. The third-order valence-corrected chi connectivity index (χ3v) is 7.52. The molecule has 0 aliphatic rings. The molecule has 1 rings (SSSR count). The Morgan fingerprint density at radius 2 is 1.88 bits per heavy atom. The van der Waals surface area contributed by atoms with Gasteiger partial charge >= 0.3 is 0 Å². The first-order valence-electron chi connectivity index (χ1n) is 5.48. The van der Waals surface area contributed by atoms with E-state index in [0.717, 1.165) is 0 Å². The number of aliphatic hydroxyl groups is 1. The molecule has 0 heterocycles. The highest BCUT2D eigenvalue weighted by atomic mass is 28.3. The first-order valence-corrected chi connectivity index (χ1v) is 8.56. The molecule has 2 nitrogen and oxygen atoms in total. The highest BCUT2D eigenvalue weighted by molar-refractivity contribution is 6.91. The van der Waals surface area contributed by atoms with E-state index in [0.29, 0.717) is 5.54 Å². The number of hydrogen-bond acceptors (Lipinski definition) is 2. The van der Waals surface area contributed by atoms with Crippen molar-refractivity contribution in [1.29, 1.82) is 0 Å². The summed E-state index contributed by atoms with van der Waals surface area (Å²) in [5.74, 6) is 0.0176. The number of benzene rings is 1. The Bertz CT molecular complexity index is 357. The molecule has 16 heavy (non-hydrogen) atoms. The molecule has 1 aromatic rings. The van der Waals surface area contributed by atoms with Gasteiger partial charge in [0.1, 0.15) is 0 Å². The summed E-state index contributed by atoms with van der Waals surface area (Å²) >= 11 is 0.